The molecule has 6 N–H and O–H groups in total. The molecule has 0 unspecified atom stereocenters. The number of nitrogens with two attached hydrogens (primary N) is 1. The summed E-state index contributed by atoms with van der Waals surface area (Å²) in [6.45, 7) is 18.0. The van der Waals surface area contributed by atoms with Gasteiger partial charge in [-0.05, 0) is 75.8 Å². The molecule has 1 aromatic rings. The number of benzene rings is 2. The van der Waals surface area contributed by atoms with Crippen LogP contribution in [0.3, 0.4) is 0 Å². The number of likely N-dealkylation sites (N-methyl/N-ethyl adjacent to an activating group) is 5. The molecule has 90 heavy (non-hydrogen) atoms. The fourth-order valence-electron chi connectivity index (χ4n) is 11.5. The number of hydrogen-bond donors (Lipinski definition) is 5. The number of anilines is 1. The van der Waals surface area contributed by atoms with Gasteiger partial charge in [-0.2, -0.15) is 0 Å². The molecule has 492 valence electrons. The van der Waals surface area contributed by atoms with E-state index < -0.39 is 191 Å². The highest BCUT2D eigenvalue weighted by molar-refractivity contribution is 6.10. The van der Waals surface area contributed by atoms with E-state index in [4.69, 9.17) is 24.6 Å². The molecule has 0 radical (unpaired) electrons. The van der Waals surface area contributed by atoms with Gasteiger partial charge >= 0.3 is 11.9 Å². The first-order valence-corrected chi connectivity index (χ1v) is 30.4. The van der Waals surface area contributed by atoms with E-state index in [1.54, 1.807) is 62.3 Å². The van der Waals surface area contributed by atoms with Gasteiger partial charge in [0, 0.05) is 47.3 Å². The van der Waals surface area contributed by atoms with E-state index in [0.717, 1.165) is 19.6 Å². The number of nitrogens with zero attached hydrogens (tertiary/aromatic N) is 7. The number of ether oxygens (including phenoxy) is 2. The molecule has 10 amide bonds. The molecule has 28 heteroatoms. The van der Waals surface area contributed by atoms with Crippen LogP contribution in [-0.4, -0.2) is 221 Å². The average molecular weight is 1260 g/mol. The third-order valence-electron chi connectivity index (χ3n) is 17.6. The topological polar surface area (TPSA) is 360 Å². The number of cyclic esters (lactones) is 2. The zero-order valence-corrected chi connectivity index (χ0v) is 54.6. The summed E-state index contributed by atoms with van der Waals surface area (Å²) >= 11 is 0. The number of aromatic nitrogens is 1. The van der Waals surface area contributed by atoms with E-state index in [-0.39, 0.29) is 41.0 Å². The zero-order chi connectivity index (χ0) is 67.4. The Labute approximate surface area is 523 Å². The summed E-state index contributed by atoms with van der Waals surface area (Å²) < 4.78 is 18.3. The zero-order valence-electron chi connectivity index (χ0n) is 54.6. The monoisotopic (exact) mass is 1260 g/mol. The number of esters is 2. The minimum Gasteiger partial charge on any atom is -0.458 e. The van der Waals surface area contributed by atoms with Gasteiger partial charge in [-0.25, -0.2) is 14.6 Å². The standard InChI is InChI=1S/C62H88N12O16/c1-18-30(7)43-59(84)71(15)25-38(75)69(13)26-39(76)72(16)49(28(3)4)61(86)88-34(11)45(56(81)65-43)67-54(79)36-23-22-32(9)52-47(36)64-48-41(42(63)51(78)33(10)53(48)90-52)55(80)68-46-35(12)89-62(87)50(29(5)6)73(17)40(77)27-70(14)58(83)37-21-20-24-74(37)60(85)44(31(8)19-2)66-57(46)82/h22-23,28-31,34-35,37,43-46,49-50H,18-21,24-27,63H2,1-17H3,(H,65,81)(H,66,82)(H,67,79)(H,68,80)/t30-,31-,34+,35+,37-,43+,44+,45-,46-,49-,50-/m0/s1. The Morgan fingerprint density at radius 2 is 1.12 bits per heavy atom. The number of fused-ring (bicyclic) bond motifs is 3. The molecule has 3 saturated heterocycles. The Balaban J connectivity index is 1.48. The van der Waals surface area contributed by atoms with Crippen LogP contribution in [0.5, 0.6) is 0 Å². The second-order valence-corrected chi connectivity index (χ2v) is 24.9. The molecule has 0 aromatic heterocycles. The highest BCUT2D eigenvalue weighted by Gasteiger charge is 2.45. The molecule has 4 aliphatic heterocycles. The van der Waals surface area contributed by atoms with Crippen LogP contribution in [0.25, 0.3) is 22.6 Å². The van der Waals surface area contributed by atoms with Crippen LogP contribution in [0.2, 0.25) is 0 Å². The van der Waals surface area contributed by atoms with Gasteiger partial charge in [-0.1, -0.05) is 74.3 Å². The third-order valence-corrected chi connectivity index (χ3v) is 17.6. The minimum atomic E-state index is -1.89. The summed E-state index contributed by atoms with van der Waals surface area (Å²) in [5, 5.41) is 10.7. The molecule has 5 aliphatic rings. The molecule has 0 bridgehead atoms. The van der Waals surface area contributed by atoms with Crippen LogP contribution in [-0.2, 0) is 57.4 Å². The van der Waals surface area contributed by atoms with Gasteiger partial charge in [0.25, 0.3) is 11.8 Å². The number of carbonyl (C=O) groups is 12. The summed E-state index contributed by atoms with van der Waals surface area (Å²) in [6.07, 6.45) is -1.69. The second-order valence-electron chi connectivity index (χ2n) is 24.9. The first-order chi connectivity index (χ1) is 42.1. The quantitative estimate of drug-likeness (QED) is 0.107. The molecule has 6 rings (SSSR count). The second kappa shape index (κ2) is 28.8. The highest BCUT2D eigenvalue weighted by atomic mass is 16.6. The lowest BCUT2D eigenvalue weighted by Crippen LogP contribution is -2.61. The van der Waals surface area contributed by atoms with Crippen molar-refractivity contribution in [2.45, 2.75) is 163 Å². The minimum absolute atomic E-state index is 0.0798. The van der Waals surface area contributed by atoms with Gasteiger partial charge in [0.1, 0.15) is 65.7 Å². The van der Waals surface area contributed by atoms with Crippen molar-refractivity contribution < 1.29 is 71.4 Å². The van der Waals surface area contributed by atoms with E-state index in [0.29, 0.717) is 24.8 Å². The molecule has 1 aliphatic carbocycles. The van der Waals surface area contributed by atoms with Crippen molar-refractivity contribution in [2.75, 3.05) is 67.2 Å². The SMILES string of the molecule is CC[C@H](C)[C@H]1NC(=O)[C@@H](NC(=O)c2ccc(C)c3oc4c(C)c(=O)c(N)c(C(=O)N[C@@H]5C(=O)N[C@H]([C@@H](C)CC)C(=O)N6CCC[C@H]6C(=O)N(C)CC(=O)N(C)[C@@H](C(C)C)C(=O)O[C@@H]5C)c-4nc23)[C@@H](C)OC(=O)[C@H](C(C)C)N(C)C(=O)CN(C)C(=O)CN(C)C1=O. The lowest BCUT2D eigenvalue weighted by molar-refractivity contribution is -0.163. The maximum absolute atomic E-state index is 15.2. The lowest BCUT2D eigenvalue weighted by atomic mass is 9.96. The maximum atomic E-state index is 15.2. The van der Waals surface area contributed by atoms with Gasteiger partial charge in [0.2, 0.25) is 52.7 Å². The van der Waals surface area contributed by atoms with Gasteiger partial charge < -0.3 is 70.3 Å². The normalized spacial score (nSPS) is 25.4. The van der Waals surface area contributed by atoms with Crippen molar-refractivity contribution in [1.29, 1.82) is 0 Å². The molecule has 3 fully saturated rings. The fourth-order valence-corrected chi connectivity index (χ4v) is 11.5. The summed E-state index contributed by atoms with van der Waals surface area (Å²) in [5.74, 6) is -12.5. The summed E-state index contributed by atoms with van der Waals surface area (Å²) in [6, 6.07) is -6.96. The number of hydrogen-bond acceptors (Lipinski definition) is 18. The van der Waals surface area contributed by atoms with Crippen molar-refractivity contribution in [2.24, 2.45) is 23.7 Å². The number of carbonyl (C=O) groups excluding carboxylic acids is 12. The van der Waals surface area contributed by atoms with Crippen LogP contribution in [0.15, 0.2) is 21.3 Å². The predicted molar refractivity (Wildman–Crippen MR) is 328 cm³/mol. The Hall–Kier alpha value is -8.72. The van der Waals surface area contributed by atoms with Crippen molar-refractivity contribution in [3.63, 3.8) is 0 Å². The predicted octanol–water partition coefficient (Wildman–Crippen LogP) is 0.973. The van der Waals surface area contributed by atoms with E-state index >= 15 is 9.59 Å². The van der Waals surface area contributed by atoms with Crippen molar-refractivity contribution in [3.05, 3.63) is 44.6 Å². The first-order valence-electron chi connectivity index (χ1n) is 30.4. The Kier molecular flexibility index (Phi) is 22.5. The highest BCUT2D eigenvalue weighted by Crippen LogP contribution is 2.35. The first kappa shape index (κ1) is 70.4. The fraction of sp³-hybridized carbons (Fsp3) is 0.613. The molecule has 1 aromatic carbocycles. The van der Waals surface area contributed by atoms with Crippen LogP contribution in [0, 0.1) is 37.5 Å². The third kappa shape index (κ3) is 14.6. The molecule has 4 heterocycles. The summed E-state index contributed by atoms with van der Waals surface area (Å²) in [4.78, 5) is 198. The van der Waals surface area contributed by atoms with Gasteiger partial charge in [-0.15, -0.1) is 0 Å². The Bertz CT molecular complexity index is 3370. The molecular formula is C62H88N12O16. The molecule has 0 saturated carbocycles. The Morgan fingerprint density at radius 3 is 1.62 bits per heavy atom. The van der Waals surface area contributed by atoms with E-state index in [9.17, 15) is 52.7 Å². The largest absolute Gasteiger partial charge is 0.458 e. The van der Waals surface area contributed by atoms with Crippen molar-refractivity contribution >= 4 is 87.8 Å². The van der Waals surface area contributed by atoms with E-state index in [2.05, 4.69) is 21.3 Å². The number of aryl methyl sites for hydroxylation is 1. The summed E-state index contributed by atoms with van der Waals surface area (Å²) in [5.41, 5.74) is 3.55. The average Bonchev–Trinajstić information content (AvgIpc) is 0.838. The summed E-state index contributed by atoms with van der Waals surface area (Å²) in [7, 11) is 6.88. The molecule has 0 spiro atoms. The van der Waals surface area contributed by atoms with Gasteiger partial charge in [0.15, 0.2) is 11.3 Å². The Morgan fingerprint density at radius 1 is 0.656 bits per heavy atom. The van der Waals surface area contributed by atoms with Crippen LogP contribution < -0.4 is 32.4 Å². The van der Waals surface area contributed by atoms with Crippen LogP contribution in [0.4, 0.5) is 5.69 Å². The van der Waals surface area contributed by atoms with Crippen molar-refractivity contribution in [3.8, 4) is 11.5 Å². The molecular weight excluding hydrogens is 1170 g/mol. The number of rotatable bonds is 10. The number of amides is 10. The van der Waals surface area contributed by atoms with E-state index in [1.165, 1.54) is 77.9 Å². The molecule has 28 nitrogen and oxygen atoms in total. The van der Waals surface area contributed by atoms with Crippen LogP contribution in [0.1, 0.15) is 127 Å². The number of nitrogens with one attached hydrogen (secondary N) is 4. The van der Waals surface area contributed by atoms with Gasteiger partial charge in [-0.3, -0.25) is 52.7 Å². The maximum Gasteiger partial charge on any atom is 0.329 e. The van der Waals surface area contributed by atoms with Gasteiger partial charge in [0.05, 0.1) is 36.4 Å². The number of nitrogen functional groups attached to an aromatic ring is 1. The molecule has 11 atom stereocenters. The lowest BCUT2D eigenvalue weighted by Gasteiger charge is -2.36. The van der Waals surface area contributed by atoms with Crippen molar-refractivity contribution in [1.82, 2.24) is 55.7 Å². The van der Waals surface area contributed by atoms with Crippen LogP contribution >= 0.6 is 0 Å². The smallest absolute Gasteiger partial charge is 0.329 e. The van der Waals surface area contributed by atoms with E-state index in [1.807, 2.05) is 0 Å².